The van der Waals surface area contributed by atoms with E-state index in [1.807, 2.05) is 42.7 Å². The molecule has 9 heteroatoms. The highest BCUT2D eigenvalue weighted by Gasteiger charge is 2.16. The molecule has 0 amide bonds. The van der Waals surface area contributed by atoms with Crippen LogP contribution in [0.5, 0.6) is 0 Å². The van der Waals surface area contributed by atoms with Crippen molar-refractivity contribution >= 4 is 27.9 Å². The minimum absolute atomic E-state index is 0.603. The maximum absolute atomic E-state index is 4.73. The zero-order valence-corrected chi connectivity index (χ0v) is 18.9. The van der Waals surface area contributed by atoms with Crippen molar-refractivity contribution in [1.29, 1.82) is 0 Å². The number of nitrogens with zero attached hydrogens (tertiary/aromatic N) is 6. The van der Waals surface area contributed by atoms with Crippen LogP contribution in [0.15, 0.2) is 79.8 Å². The van der Waals surface area contributed by atoms with Gasteiger partial charge in [-0.25, -0.2) is 15.0 Å². The number of pyridine rings is 4. The predicted molar refractivity (Wildman–Crippen MR) is 136 cm³/mol. The Hall–Kier alpha value is -4.92. The minimum Gasteiger partial charge on any atom is -0.358 e. The summed E-state index contributed by atoms with van der Waals surface area (Å²) >= 11 is 0. The first kappa shape index (κ1) is 20.7. The first-order valence-electron chi connectivity index (χ1n) is 11.2. The molecule has 0 atom stereocenters. The van der Waals surface area contributed by atoms with Gasteiger partial charge in [-0.3, -0.25) is 15.1 Å². The standard InChI is InChI=1S/C26H21N9/c1-3-15(2)31-19-9-17(12-28-14-19)18-10-21-23(34-35-24(21)30-13-18)26-32-22-20(6-8-29-25(22)33-26)16-5-4-7-27-11-16/h4-14,31H,2-3H2,1H3,(H,29,32,33)(H,30,34,35). The van der Waals surface area contributed by atoms with E-state index in [1.54, 1.807) is 24.8 Å². The lowest BCUT2D eigenvalue weighted by Gasteiger charge is -2.09. The van der Waals surface area contributed by atoms with Crippen molar-refractivity contribution in [2.24, 2.45) is 0 Å². The van der Waals surface area contributed by atoms with Gasteiger partial charge in [-0.1, -0.05) is 19.6 Å². The predicted octanol–water partition coefficient (Wildman–Crippen LogP) is 5.36. The van der Waals surface area contributed by atoms with E-state index in [0.29, 0.717) is 17.1 Å². The molecule has 3 N–H and O–H groups in total. The second-order valence-electron chi connectivity index (χ2n) is 8.12. The van der Waals surface area contributed by atoms with Crippen LogP contribution in [0, 0.1) is 0 Å². The molecule has 6 aromatic rings. The van der Waals surface area contributed by atoms with Crippen molar-refractivity contribution in [3.63, 3.8) is 0 Å². The quantitative estimate of drug-likeness (QED) is 0.307. The molecule has 6 aromatic heterocycles. The van der Waals surface area contributed by atoms with Crippen LogP contribution < -0.4 is 5.32 Å². The van der Waals surface area contributed by atoms with Crippen LogP contribution in [0.3, 0.4) is 0 Å². The zero-order chi connectivity index (χ0) is 23.8. The number of hydrogen-bond acceptors (Lipinski definition) is 7. The molecule has 0 saturated heterocycles. The highest BCUT2D eigenvalue weighted by molar-refractivity contribution is 5.96. The van der Waals surface area contributed by atoms with Gasteiger partial charge in [-0.15, -0.1) is 0 Å². The van der Waals surface area contributed by atoms with Gasteiger partial charge in [0, 0.05) is 58.9 Å². The van der Waals surface area contributed by atoms with Crippen LogP contribution in [-0.4, -0.2) is 40.1 Å². The molecule has 0 unspecified atom stereocenters. The number of rotatable bonds is 6. The number of H-pyrrole nitrogens is 2. The van der Waals surface area contributed by atoms with Crippen molar-refractivity contribution in [3.05, 3.63) is 79.8 Å². The highest BCUT2D eigenvalue weighted by Crippen LogP contribution is 2.32. The average molecular weight is 460 g/mol. The third-order valence-electron chi connectivity index (χ3n) is 5.83. The lowest BCUT2D eigenvalue weighted by Crippen LogP contribution is -1.97. The molecule has 6 heterocycles. The van der Waals surface area contributed by atoms with Crippen molar-refractivity contribution < 1.29 is 0 Å². The lowest BCUT2D eigenvalue weighted by atomic mass is 10.1. The summed E-state index contributed by atoms with van der Waals surface area (Å²) in [7, 11) is 0. The van der Waals surface area contributed by atoms with Crippen molar-refractivity contribution in [2.75, 3.05) is 5.32 Å². The summed E-state index contributed by atoms with van der Waals surface area (Å²) in [5, 5.41) is 11.6. The SMILES string of the molecule is C=C(CC)Nc1cncc(-c2cnc3n[nH]c(-c4nc5nccc(-c6cccnc6)c5[nH]4)c3c2)c1. The van der Waals surface area contributed by atoms with Gasteiger partial charge in [0.2, 0.25) is 0 Å². The molecule has 0 fully saturated rings. The van der Waals surface area contributed by atoms with E-state index in [0.717, 1.165) is 56.7 Å². The number of anilines is 1. The van der Waals surface area contributed by atoms with Crippen molar-refractivity contribution in [1.82, 2.24) is 40.1 Å². The second kappa shape index (κ2) is 8.45. The highest BCUT2D eigenvalue weighted by atomic mass is 15.2. The molecule has 0 aliphatic rings. The van der Waals surface area contributed by atoms with Gasteiger partial charge in [-0.05, 0) is 30.7 Å². The summed E-state index contributed by atoms with van der Waals surface area (Å²) in [5.41, 5.74) is 8.43. The van der Waals surface area contributed by atoms with Crippen LogP contribution in [0.25, 0.3) is 56.0 Å². The van der Waals surface area contributed by atoms with Crippen LogP contribution in [0.4, 0.5) is 5.69 Å². The largest absolute Gasteiger partial charge is 0.358 e. The smallest absolute Gasteiger partial charge is 0.181 e. The van der Waals surface area contributed by atoms with Gasteiger partial charge in [0.15, 0.2) is 17.1 Å². The van der Waals surface area contributed by atoms with E-state index < -0.39 is 0 Å². The molecule has 0 aliphatic carbocycles. The number of imidazole rings is 1. The number of hydrogen-bond donors (Lipinski definition) is 3. The van der Waals surface area contributed by atoms with E-state index in [2.05, 4.69) is 53.9 Å². The molecule has 0 saturated carbocycles. The average Bonchev–Trinajstić information content (AvgIpc) is 3.53. The maximum atomic E-state index is 4.73. The van der Waals surface area contributed by atoms with Gasteiger partial charge in [0.05, 0.1) is 22.8 Å². The molecule has 0 spiro atoms. The van der Waals surface area contributed by atoms with Crippen LogP contribution in [-0.2, 0) is 0 Å². The van der Waals surface area contributed by atoms with E-state index in [4.69, 9.17) is 4.98 Å². The number of nitrogens with one attached hydrogen (secondary N) is 3. The van der Waals surface area contributed by atoms with Gasteiger partial charge >= 0.3 is 0 Å². The Morgan fingerprint density at radius 2 is 1.83 bits per heavy atom. The molecular weight excluding hydrogens is 438 g/mol. The molecule has 35 heavy (non-hydrogen) atoms. The van der Waals surface area contributed by atoms with Crippen LogP contribution >= 0.6 is 0 Å². The van der Waals surface area contributed by atoms with Gasteiger partial charge < -0.3 is 10.3 Å². The molecule has 170 valence electrons. The number of allylic oxidation sites excluding steroid dienone is 1. The van der Waals surface area contributed by atoms with Crippen molar-refractivity contribution in [3.8, 4) is 33.8 Å². The van der Waals surface area contributed by atoms with Gasteiger partial charge in [0.25, 0.3) is 0 Å². The Balaban J connectivity index is 1.43. The van der Waals surface area contributed by atoms with E-state index >= 15 is 0 Å². The summed E-state index contributed by atoms with van der Waals surface area (Å²) in [4.78, 5) is 25.8. The van der Waals surface area contributed by atoms with Gasteiger partial charge in [-0.2, -0.15) is 5.10 Å². The fraction of sp³-hybridized carbons (Fsp3) is 0.0769. The Morgan fingerprint density at radius 3 is 2.69 bits per heavy atom. The summed E-state index contributed by atoms with van der Waals surface area (Å²) in [5.74, 6) is 0.637. The Bertz CT molecular complexity index is 1680. The van der Waals surface area contributed by atoms with E-state index in [-0.39, 0.29) is 0 Å². The number of aromatic nitrogens is 8. The summed E-state index contributed by atoms with van der Waals surface area (Å²) in [6.45, 7) is 6.06. The molecule has 0 aromatic carbocycles. The van der Waals surface area contributed by atoms with E-state index in [9.17, 15) is 0 Å². The Labute approximate surface area is 200 Å². The number of fused-ring (bicyclic) bond motifs is 2. The minimum atomic E-state index is 0.603. The molecule has 6 rings (SSSR count). The fourth-order valence-electron chi connectivity index (χ4n) is 3.99. The summed E-state index contributed by atoms with van der Waals surface area (Å²) in [6.07, 6.45) is 11.6. The third kappa shape index (κ3) is 3.78. The third-order valence-corrected chi connectivity index (χ3v) is 5.83. The number of aromatic amines is 2. The summed E-state index contributed by atoms with van der Waals surface area (Å²) < 4.78 is 0. The lowest BCUT2D eigenvalue weighted by molar-refractivity contribution is 1.09. The molecule has 0 radical (unpaired) electrons. The van der Waals surface area contributed by atoms with Crippen LogP contribution in [0.2, 0.25) is 0 Å². The first-order chi connectivity index (χ1) is 17.2. The first-order valence-corrected chi connectivity index (χ1v) is 11.2. The topological polar surface area (TPSA) is 121 Å². The van der Waals surface area contributed by atoms with E-state index in [1.165, 1.54) is 0 Å². The molecule has 0 aliphatic heterocycles. The Kier molecular flexibility index (Phi) is 4.99. The molecular formula is C26H21N9. The van der Waals surface area contributed by atoms with Gasteiger partial charge in [0.1, 0.15) is 5.69 Å². The monoisotopic (exact) mass is 459 g/mol. The normalized spacial score (nSPS) is 11.2. The summed E-state index contributed by atoms with van der Waals surface area (Å²) in [6, 6.07) is 9.94. The molecule has 0 bridgehead atoms. The van der Waals surface area contributed by atoms with Crippen molar-refractivity contribution in [2.45, 2.75) is 13.3 Å². The fourth-order valence-corrected chi connectivity index (χ4v) is 3.99. The maximum Gasteiger partial charge on any atom is 0.181 e. The Morgan fingerprint density at radius 1 is 0.943 bits per heavy atom. The van der Waals surface area contributed by atoms with Crippen LogP contribution in [0.1, 0.15) is 13.3 Å². The zero-order valence-electron chi connectivity index (χ0n) is 18.9. The molecule has 9 nitrogen and oxygen atoms in total. The second-order valence-corrected chi connectivity index (χ2v) is 8.12.